The molecule has 5 heteroatoms. The molecule has 3 nitrogen and oxygen atoms in total. The molecule has 0 saturated carbocycles. The Hall–Kier alpha value is -0.770. The molecule has 0 aliphatic rings. The normalized spacial score (nSPS) is 14.1. The summed E-state index contributed by atoms with van der Waals surface area (Å²) in [6, 6.07) is 5.01. The molecule has 0 radical (unpaired) electrons. The van der Waals surface area contributed by atoms with Gasteiger partial charge >= 0.3 is 0 Å². The highest BCUT2D eigenvalue weighted by molar-refractivity contribution is 6.36. The molecule has 0 heterocycles. The highest BCUT2D eigenvalue weighted by Gasteiger charge is 2.15. The summed E-state index contributed by atoms with van der Waals surface area (Å²) in [5.74, 6) is -0.112. The molecule has 0 aromatic heterocycles. The summed E-state index contributed by atoms with van der Waals surface area (Å²) in [7, 11) is 0. The largest absolute Gasteiger partial charge is 0.323 e. The minimum atomic E-state index is -0.272. The van der Waals surface area contributed by atoms with Crippen LogP contribution in [0.2, 0.25) is 10.0 Å². The molecule has 1 aromatic carbocycles. The van der Waals surface area contributed by atoms with E-state index in [0.29, 0.717) is 21.8 Å². The summed E-state index contributed by atoms with van der Waals surface area (Å²) in [4.78, 5) is 11.9. The number of halogens is 2. The molecule has 0 aliphatic carbocycles. The smallest absolute Gasteiger partial charge is 0.241 e. The van der Waals surface area contributed by atoms with Crippen molar-refractivity contribution in [2.45, 2.75) is 39.3 Å². The van der Waals surface area contributed by atoms with Crippen LogP contribution in [-0.2, 0) is 4.79 Å². The Morgan fingerprint density at radius 3 is 2.56 bits per heavy atom. The lowest BCUT2D eigenvalue weighted by Crippen LogP contribution is -2.42. The second-order valence-corrected chi connectivity index (χ2v) is 5.15. The van der Waals surface area contributed by atoms with Gasteiger partial charge in [0, 0.05) is 11.1 Å². The van der Waals surface area contributed by atoms with E-state index in [2.05, 4.69) is 17.6 Å². The van der Waals surface area contributed by atoms with Crippen LogP contribution in [0.4, 0.5) is 5.69 Å². The van der Waals surface area contributed by atoms with Gasteiger partial charge in [0.1, 0.15) is 0 Å². The quantitative estimate of drug-likeness (QED) is 0.867. The molecule has 1 amide bonds. The summed E-state index contributed by atoms with van der Waals surface area (Å²) in [5, 5.41) is 6.96. The van der Waals surface area contributed by atoms with Crippen molar-refractivity contribution >= 4 is 34.8 Å². The van der Waals surface area contributed by atoms with Crippen LogP contribution in [-0.4, -0.2) is 18.0 Å². The van der Waals surface area contributed by atoms with E-state index in [0.717, 1.165) is 6.42 Å². The molecule has 18 heavy (non-hydrogen) atoms. The van der Waals surface area contributed by atoms with E-state index < -0.39 is 0 Å². The van der Waals surface area contributed by atoms with Crippen LogP contribution in [0, 0.1) is 0 Å². The zero-order valence-corrected chi connectivity index (χ0v) is 12.3. The van der Waals surface area contributed by atoms with Crippen molar-refractivity contribution in [2.24, 2.45) is 0 Å². The maximum absolute atomic E-state index is 11.9. The summed E-state index contributed by atoms with van der Waals surface area (Å²) >= 11 is 11.8. The minimum Gasteiger partial charge on any atom is -0.323 e. The Morgan fingerprint density at radius 1 is 1.33 bits per heavy atom. The van der Waals surface area contributed by atoms with Gasteiger partial charge < -0.3 is 10.6 Å². The van der Waals surface area contributed by atoms with Crippen LogP contribution < -0.4 is 10.6 Å². The van der Waals surface area contributed by atoms with Crippen molar-refractivity contribution < 1.29 is 4.79 Å². The van der Waals surface area contributed by atoms with Crippen LogP contribution in [0.25, 0.3) is 0 Å². The fourth-order valence-electron chi connectivity index (χ4n) is 1.45. The number of benzene rings is 1. The van der Waals surface area contributed by atoms with Crippen LogP contribution >= 0.6 is 23.2 Å². The topological polar surface area (TPSA) is 41.1 Å². The average molecular weight is 289 g/mol. The molecule has 100 valence electrons. The van der Waals surface area contributed by atoms with Gasteiger partial charge in [0.2, 0.25) is 5.91 Å². The van der Waals surface area contributed by atoms with Gasteiger partial charge in [-0.25, -0.2) is 0 Å². The Morgan fingerprint density at radius 2 is 2.00 bits per heavy atom. The molecule has 0 fully saturated rings. The van der Waals surface area contributed by atoms with E-state index in [1.807, 2.05) is 13.8 Å². The molecule has 1 rings (SSSR count). The van der Waals surface area contributed by atoms with Gasteiger partial charge in [-0.15, -0.1) is 0 Å². The predicted molar refractivity (Wildman–Crippen MR) is 77.4 cm³/mol. The number of nitrogens with one attached hydrogen (secondary N) is 2. The third-order valence-corrected chi connectivity index (χ3v) is 3.28. The SMILES string of the molecule is CCC(C)NC(C)C(=O)Nc1ccc(Cl)cc1Cl. The van der Waals surface area contributed by atoms with Gasteiger partial charge in [0.25, 0.3) is 0 Å². The number of rotatable bonds is 5. The molecule has 0 bridgehead atoms. The standard InChI is InChI=1S/C13H18Cl2N2O/c1-4-8(2)16-9(3)13(18)17-12-6-5-10(14)7-11(12)15/h5-9,16H,4H2,1-3H3,(H,17,18). The van der Waals surface area contributed by atoms with Gasteiger partial charge in [-0.05, 0) is 38.5 Å². The molecular formula is C13H18Cl2N2O. The van der Waals surface area contributed by atoms with Gasteiger partial charge in [-0.1, -0.05) is 30.1 Å². The Bertz CT molecular complexity index is 423. The molecule has 1 aromatic rings. The van der Waals surface area contributed by atoms with Crippen LogP contribution in [0.1, 0.15) is 27.2 Å². The first kappa shape index (κ1) is 15.3. The van der Waals surface area contributed by atoms with Crippen molar-refractivity contribution in [3.05, 3.63) is 28.2 Å². The van der Waals surface area contributed by atoms with Crippen LogP contribution in [0.15, 0.2) is 18.2 Å². The molecule has 0 saturated heterocycles. The highest BCUT2D eigenvalue weighted by Crippen LogP contribution is 2.25. The van der Waals surface area contributed by atoms with Crippen molar-refractivity contribution in [3.63, 3.8) is 0 Å². The van der Waals surface area contributed by atoms with E-state index in [4.69, 9.17) is 23.2 Å². The Kier molecular flexibility index (Phi) is 5.93. The second-order valence-electron chi connectivity index (χ2n) is 4.31. The van der Waals surface area contributed by atoms with Gasteiger partial charge in [0.15, 0.2) is 0 Å². The lowest BCUT2D eigenvalue weighted by atomic mass is 10.2. The average Bonchev–Trinajstić information content (AvgIpc) is 2.32. The molecule has 0 spiro atoms. The third kappa shape index (κ3) is 4.48. The minimum absolute atomic E-state index is 0.112. The Labute approximate surface area is 118 Å². The summed E-state index contributed by atoms with van der Waals surface area (Å²) in [6.45, 7) is 5.93. The van der Waals surface area contributed by atoms with Crippen molar-refractivity contribution in [1.29, 1.82) is 0 Å². The first-order valence-corrected chi connectivity index (χ1v) is 6.71. The van der Waals surface area contributed by atoms with Crippen LogP contribution in [0.3, 0.4) is 0 Å². The second kappa shape index (κ2) is 6.98. The van der Waals surface area contributed by atoms with E-state index in [1.54, 1.807) is 18.2 Å². The van der Waals surface area contributed by atoms with E-state index in [1.165, 1.54) is 0 Å². The van der Waals surface area contributed by atoms with Gasteiger partial charge in [-0.2, -0.15) is 0 Å². The van der Waals surface area contributed by atoms with Gasteiger partial charge in [0.05, 0.1) is 16.8 Å². The first-order chi connectivity index (χ1) is 8.43. The Balaban J connectivity index is 2.64. The maximum atomic E-state index is 11.9. The monoisotopic (exact) mass is 288 g/mol. The van der Waals surface area contributed by atoms with Crippen molar-refractivity contribution in [3.8, 4) is 0 Å². The molecule has 2 N–H and O–H groups in total. The first-order valence-electron chi connectivity index (χ1n) is 5.96. The van der Waals surface area contributed by atoms with E-state index >= 15 is 0 Å². The molecule has 0 aliphatic heterocycles. The third-order valence-electron chi connectivity index (χ3n) is 2.73. The van der Waals surface area contributed by atoms with Crippen LogP contribution in [0.5, 0.6) is 0 Å². The summed E-state index contributed by atoms with van der Waals surface area (Å²) in [5.41, 5.74) is 0.573. The number of hydrogen-bond donors (Lipinski definition) is 2. The van der Waals surface area contributed by atoms with Gasteiger partial charge in [-0.3, -0.25) is 4.79 Å². The summed E-state index contributed by atoms with van der Waals surface area (Å²) in [6.07, 6.45) is 0.972. The number of hydrogen-bond acceptors (Lipinski definition) is 2. The summed E-state index contributed by atoms with van der Waals surface area (Å²) < 4.78 is 0. The zero-order chi connectivity index (χ0) is 13.7. The number of amides is 1. The number of carbonyl (C=O) groups is 1. The maximum Gasteiger partial charge on any atom is 0.241 e. The van der Waals surface area contributed by atoms with Crippen molar-refractivity contribution in [1.82, 2.24) is 5.32 Å². The fraction of sp³-hybridized carbons (Fsp3) is 0.462. The predicted octanol–water partition coefficient (Wildman–Crippen LogP) is 3.71. The molecule has 2 atom stereocenters. The molecule has 2 unspecified atom stereocenters. The molecular weight excluding hydrogens is 271 g/mol. The number of carbonyl (C=O) groups excluding carboxylic acids is 1. The number of anilines is 1. The fourth-order valence-corrected chi connectivity index (χ4v) is 1.91. The zero-order valence-electron chi connectivity index (χ0n) is 10.8. The van der Waals surface area contributed by atoms with E-state index in [-0.39, 0.29) is 11.9 Å². The van der Waals surface area contributed by atoms with Crippen molar-refractivity contribution in [2.75, 3.05) is 5.32 Å². The highest BCUT2D eigenvalue weighted by atomic mass is 35.5. The lowest BCUT2D eigenvalue weighted by molar-refractivity contribution is -0.117. The lowest BCUT2D eigenvalue weighted by Gasteiger charge is -2.18. The van der Waals surface area contributed by atoms with E-state index in [9.17, 15) is 4.79 Å².